The van der Waals surface area contributed by atoms with Gasteiger partial charge in [-0.3, -0.25) is 9.59 Å². The number of aromatic amines is 1. The third kappa shape index (κ3) is 4.43. The molecular weight excluding hydrogens is 348 g/mol. The number of anilines is 1. The average Bonchev–Trinajstić information content (AvgIpc) is 2.93. The molecule has 7 heteroatoms. The van der Waals surface area contributed by atoms with E-state index in [2.05, 4.69) is 10.3 Å². The Labute approximate surface area is 157 Å². The predicted octanol–water partition coefficient (Wildman–Crippen LogP) is 2.67. The van der Waals surface area contributed by atoms with Crippen LogP contribution < -0.4 is 5.32 Å². The first-order valence-electron chi connectivity index (χ1n) is 8.67. The molecule has 0 saturated carbocycles. The first-order valence-corrected chi connectivity index (χ1v) is 8.67. The Kier molecular flexibility index (Phi) is 6.52. The number of para-hydroxylation sites is 1. The zero-order chi connectivity index (χ0) is 20.1. The van der Waals surface area contributed by atoms with Gasteiger partial charge in [-0.15, -0.1) is 0 Å². The van der Waals surface area contributed by atoms with Gasteiger partial charge in [0.25, 0.3) is 0 Å². The normalized spacial score (nSPS) is 11.7. The molecule has 1 aromatic heterocycles. The smallest absolute Gasteiger partial charge is 0.340 e. The topological polar surface area (TPSA) is 108 Å². The number of ketones is 2. The third-order valence-electron chi connectivity index (χ3n) is 4.26. The number of aliphatic hydroxyl groups is 1. The van der Waals surface area contributed by atoms with Crippen molar-refractivity contribution in [3.63, 3.8) is 0 Å². The number of carbonyl (C=O) groups excluding carboxylic acids is 3. The molecule has 0 aliphatic heterocycles. The SMILES string of the molecule is CC(=O)c1c(C)[nH]c(C(=O)[C@H](C)OC(=O)c2ccccc2NCCO)c1C. The van der Waals surface area contributed by atoms with E-state index >= 15 is 0 Å². The summed E-state index contributed by atoms with van der Waals surface area (Å²) in [6.07, 6.45) is -1.03. The molecule has 3 N–H and O–H groups in total. The first kappa shape index (κ1) is 20.4. The predicted molar refractivity (Wildman–Crippen MR) is 101 cm³/mol. The maximum absolute atomic E-state index is 12.7. The molecule has 1 atom stereocenters. The van der Waals surface area contributed by atoms with E-state index in [1.807, 2.05) is 0 Å². The van der Waals surface area contributed by atoms with Crippen LogP contribution in [0.15, 0.2) is 24.3 Å². The largest absolute Gasteiger partial charge is 0.451 e. The van der Waals surface area contributed by atoms with Crippen molar-refractivity contribution in [1.82, 2.24) is 4.98 Å². The van der Waals surface area contributed by atoms with Crippen molar-refractivity contribution in [1.29, 1.82) is 0 Å². The minimum Gasteiger partial charge on any atom is -0.451 e. The van der Waals surface area contributed by atoms with Crippen LogP contribution in [0.5, 0.6) is 0 Å². The molecule has 2 rings (SSSR count). The highest BCUT2D eigenvalue weighted by Gasteiger charge is 2.26. The summed E-state index contributed by atoms with van der Waals surface area (Å²) in [6.45, 7) is 6.55. The Balaban J connectivity index is 2.19. The van der Waals surface area contributed by atoms with Gasteiger partial charge in [0.05, 0.1) is 17.9 Å². The van der Waals surface area contributed by atoms with Gasteiger partial charge in [-0.05, 0) is 45.4 Å². The molecular formula is C20H24N2O5. The summed E-state index contributed by atoms with van der Waals surface area (Å²) in [5.74, 6) is -1.18. The Morgan fingerprint density at radius 1 is 1.22 bits per heavy atom. The fraction of sp³-hybridized carbons (Fsp3) is 0.350. The van der Waals surface area contributed by atoms with Crippen LogP contribution in [0.3, 0.4) is 0 Å². The maximum atomic E-state index is 12.7. The molecule has 1 aromatic carbocycles. The van der Waals surface area contributed by atoms with E-state index < -0.39 is 17.9 Å². The number of Topliss-reactive ketones (excluding diaryl/α,β-unsaturated/α-hetero) is 2. The highest BCUT2D eigenvalue weighted by atomic mass is 16.5. The molecule has 0 bridgehead atoms. The molecule has 144 valence electrons. The summed E-state index contributed by atoms with van der Waals surface area (Å²) in [4.78, 5) is 39.9. The molecule has 2 aromatic rings. The van der Waals surface area contributed by atoms with Gasteiger partial charge in [0.1, 0.15) is 0 Å². The number of rotatable bonds is 8. The van der Waals surface area contributed by atoms with E-state index in [1.165, 1.54) is 13.8 Å². The molecule has 7 nitrogen and oxygen atoms in total. The van der Waals surface area contributed by atoms with Crippen LogP contribution in [0.4, 0.5) is 5.69 Å². The molecule has 27 heavy (non-hydrogen) atoms. The number of aliphatic hydroxyl groups excluding tert-OH is 1. The zero-order valence-corrected chi connectivity index (χ0v) is 15.9. The monoisotopic (exact) mass is 372 g/mol. The highest BCUT2D eigenvalue weighted by Crippen LogP contribution is 2.22. The van der Waals surface area contributed by atoms with Gasteiger partial charge < -0.3 is 20.1 Å². The highest BCUT2D eigenvalue weighted by molar-refractivity contribution is 6.06. The van der Waals surface area contributed by atoms with Gasteiger partial charge in [-0.2, -0.15) is 0 Å². The van der Waals surface area contributed by atoms with E-state index in [-0.39, 0.29) is 30.2 Å². The molecule has 0 aliphatic carbocycles. The number of esters is 1. The number of hydrogen-bond donors (Lipinski definition) is 3. The summed E-state index contributed by atoms with van der Waals surface area (Å²) in [7, 11) is 0. The van der Waals surface area contributed by atoms with Crippen LogP contribution in [0.25, 0.3) is 0 Å². The van der Waals surface area contributed by atoms with Crippen LogP contribution in [0.1, 0.15) is 56.3 Å². The minimum atomic E-state index is -1.03. The number of aromatic nitrogens is 1. The fourth-order valence-corrected chi connectivity index (χ4v) is 3.01. The number of nitrogens with one attached hydrogen (secondary N) is 2. The second kappa shape index (κ2) is 8.64. The summed E-state index contributed by atoms with van der Waals surface area (Å²) < 4.78 is 5.34. The van der Waals surface area contributed by atoms with Gasteiger partial charge in [-0.1, -0.05) is 12.1 Å². The molecule has 1 heterocycles. The molecule has 0 amide bonds. The number of benzene rings is 1. The van der Waals surface area contributed by atoms with E-state index in [0.29, 0.717) is 22.5 Å². The Morgan fingerprint density at radius 2 is 1.89 bits per heavy atom. The second-order valence-electron chi connectivity index (χ2n) is 6.29. The van der Waals surface area contributed by atoms with E-state index in [1.54, 1.807) is 38.1 Å². The van der Waals surface area contributed by atoms with Crippen molar-refractivity contribution in [2.24, 2.45) is 0 Å². The quantitative estimate of drug-likeness (QED) is 0.486. The van der Waals surface area contributed by atoms with Crippen molar-refractivity contribution in [3.05, 3.63) is 52.3 Å². The van der Waals surface area contributed by atoms with Crippen molar-refractivity contribution in [2.75, 3.05) is 18.5 Å². The van der Waals surface area contributed by atoms with Crippen molar-refractivity contribution in [3.8, 4) is 0 Å². The summed E-state index contributed by atoms with van der Waals surface area (Å²) in [5, 5.41) is 11.9. The maximum Gasteiger partial charge on any atom is 0.340 e. The molecule has 0 radical (unpaired) electrons. The molecule has 0 fully saturated rings. The average molecular weight is 372 g/mol. The van der Waals surface area contributed by atoms with Crippen molar-refractivity contribution >= 4 is 23.2 Å². The lowest BCUT2D eigenvalue weighted by atomic mass is 10.0. The van der Waals surface area contributed by atoms with Gasteiger partial charge in [0.15, 0.2) is 11.9 Å². The number of ether oxygens (including phenoxy) is 1. The first-order chi connectivity index (χ1) is 12.8. The van der Waals surface area contributed by atoms with E-state index in [4.69, 9.17) is 9.84 Å². The third-order valence-corrected chi connectivity index (χ3v) is 4.26. The second-order valence-corrected chi connectivity index (χ2v) is 6.29. The Hall–Kier alpha value is -2.93. The lowest BCUT2D eigenvalue weighted by molar-refractivity contribution is 0.0317. The van der Waals surface area contributed by atoms with E-state index in [0.717, 1.165) is 0 Å². The number of aryl methyl sites for hydroxylation is 1. The number of carbonyl (C=O) groups is 3. The van der Waals surface area contributed by atoms with Gasteiger partial charge in [0.2, 0.25) is 5.78 Å². The standard InChI is InChI=1S/C20H24N2O5/c1-11-17(13(3)24)12(2)22-18(11)19(25)14(4)27-20(26)15-7-5-6-8-16(15)21-9-10-23/h5-8,14,21-23H,9-10H2,1-4H3/t14-/m0/s1. The molecule has 0 unspecified atom stereocenters. The number of hydrogen-bond acceptors (Lipinski definition) is 6. The molecule has 0 spiro atoms. The zero-order valence-electron chi connectivity index (χ0n) is 15.9. The van der Waals surface area contributed by atoms with Gasteiger partial charge in [-0.25, -0.2) is 4.79 Å². The molecule has 0 saturated heterocycles. The van der Waals surface area contributed by atoms with Crippen LogP contribution in [0.2, 0.25) is 0 Å². The van der Waals surface area contributed by atoms with Crippen molar-refractivity contribution in [2.45, 2.75) is 33.8 Å². The number of H-pyrrole nitrogens is 1. The van der Waals surface area contributed by atoms with Gasteiger partial charge in [0, 0.05) is 23.5 Å². The minimum absolute atomic E-state index is 0.0811. The fourth-order valence-electron chi connectivity index (χ4n) is 3.01. The van der Waals surface area contributed by atoms with Crippen LogP contribution in [0, 0.1) is 13.8 Å². The lowest BCUT2D eigenvalue weighted by Gasteiger charge is -2.15. The van der Waals surface area contributed by atoms with Crippen LogP contribution >= 0.6 is 0 Å². The lowest BCUT2D eigenvalue weighted by Crippen LogP contribution is -2.26. The summed E-state index contributed by atoms with van der Waals surface area (Å²) in [5.41, 5.74) is 2.70. The summed E-state index contributed by atoms with van der Waals surface area (Å²) >= 11 is 0. The Bertz CT molecular complexity index is 869. The molecule has 0 aliphatic rings. The van der Waals surface area contributed by atoms with Crippen LogP contribution in [-0.2, 0) is 4.74 Å². The van der Waals surface area contributed by atoms with E-state index in [9.17, 15) is 14.4 Å². The van der Waals surface area contributed by atoms with Gasteiger partial charge >= 0.3 is 5.97 Å². The summed E-state index contributed by atoms with van der Waals surface area (Å²) in [6, 6.07) is 6.71. The van der Waals surface area contributed by atoms with Crippen LogP contribution in [-0.4, -0.2) is 46.9 Å². The van der Waals surface area contributed by atoms with Crippen molar-refractivity contribution < 1.29 is 24.2 Å². The Morgan fingerprint density at radius 3 is 2.48 bits per heavy atom.